The Morgan fingerprint density at radius 2 is 1.70 bits per heavy atom. The van der Waals surface area contributed by atoms with Gasteiger partial charge in [0.25, 0.3) is 0 Å². The zero-order chi connectivity index (χ0) is 22.4. The van der Waals surface area contributed by atoms with Crippen molar-refractivity contribution in [2.75, 3.05) is 0 Å². The maximum Gasteiger partial charge on any atom is 0.303 e. The van der Waals surface area contributed by atoms with Crippen LogP contribution in [0, 0.1) is 23.7 Å². The first-order valence-electron chi connectivity index (χ1n) is 11.1. The highest BCUT2D eigenvalue weighted by Gasteiger charge is 2.64. The van der Waals surface area contributed by atoms with Gasteiger partial charge in [-0.25, -0.2) is 0 Å². The molecule has 0 aromatic heterocycles. The average Bonchev–Trinajstić information content (AvgIpc) is 3.00. The van der Waals surface area contributed by atoms with Crippen molar-refractivity contribution in [1.29, 1.82) is 0 Å². The number of Topliss-reactive ketones (excluding diaryl/α,β-unsaturated/α-hetero) is 1. The first-order valence-corrected chi connectivity index (χ1v) is 11.1. The lowest BCUT2D eigenvalue weighted by molar-refractivity contribution is -0.181. The molecule has 6 heteroatoms. The zero-order valence-corrected chi connectivity index (χ0v) is 19.2. The molecule has 2 heterocycles. The summed E-state index contributed by atoms with van der Waals surface area (Å²) in [6.07, 6.45) is 2.06. The molecule has 3 rings (SSSR count). The summed E-state index contributed by atoms with van der Waals surface area (Å²) in [4.78, 5) is 36.7. The third-order valence-corrected chi connectivity index (χ3v) is 7.56. The molecule has 3 aliphatic rings. The Morgan fingerprint density at radius 1 is 1.10 bits per heavy atom. The summed E-state index contributed by atoms with van der Waals surface area (Å²) < 4.78 is 18.4. The van der Waals surface area contributed by atoms with E-state index in [0.29, 0.717) is 30.3 Å². The van der Waals surface area contributed by atoms with Gasteiger partial charge in [-0.05, 0) is 50.5 Å². The van der Waals surface area contributed by atoms with E-state index in [2.05, 4.69) is 20.4 Å². The molecule has 0 spiro atoms. The summed E-state index contributed by atoms with van der Waals surface area (Å²) >= 11 is 0. The normalized spacial score (nSPS) is 41.5. The second kappa shape index (κ2) is 8.10. The third kappa shape index (κ3) is 4.08. The van der Waals surface area contributed by atoms with Gasteiger partial charge in [0.1, 0.15) is 17.3 Å². The van der Waals surface area contributed by atoms with Gasteiger partial charge in [0.2, 0.25) is 0 Å². The van der Waals surface area contributed by atoms with Gasteiger partial charge in [0.15, 0.2) is 5.78 Å². The van der Waals surface area contributed by atoms with E-state index in [1.807, 2.05) is 13.8 Å². The molecule has 2 bridgehead atoms. The van der Waals surface area contributed by atoms with Crippen LogP contribution in [-0.2, 0) is 28.6 Å². The molecule has 168 valence electrons. The minimum atomic E-state index is -0.925. The van der Waals surface area contributed by atoms with E-state index in [1.165, 1.54) is 13.8 Å². The number of carbonyl (C=O) groups is 3. The lowest BCUT2D eigenvalue weighted by atomic mass is 9.57. The van der Waals surface area contributed by atoms with Gasteiger partial charge >= 0.3 is 11.9 Å². The van der Waals surface area contributed by atoms with Crippen molar-refractivity contribution < 1.29 is 28.6 Å². The van der Waals surface area contributed by atoms with Gasteiger partial charge in [0.05, 0.1) is 6.10 Å². The number of carbonyl (C=O) groups excluding carboxylic acids is 3. The van der Waals surface area contributed by atoms with E-state index in [9.17, 15) is 14.4 Å². The highest BCUT2D eigenvalue weighted by molar-refractivity contribution is 5.94. The van der Waals surface area contributed by atoms with Crippen molar-refractivity contribution in [2.45, 2.75) is 97.1 Å². The molecule has 2 saturated heterocycles. The Kier molecular flexibility index (Phi) is 6.21. The maximum absolute atomic E-state index is 12.7. The first-order chi connectivity index (χ1) is 13.9. The molecule has 0 aromatic carbocycles. The van der Waals surface area contributed by atoms with Crippen molar-refractivity contribution >= 4 is 17.7 Å². The average molecular weight is 421 g/mol. The summed E-state index contributed by atoms with van der Waals surface area (Å²) in [7, 11) is 0. The van der Waals surface area contributed by atoms with Gasteiger partial charge in [-0.2, -0.15) is 0 Å². The van der Waals surface area contributed by atoms with E-state index in [-0.39, 0.29) is 48.2 Å². The summed E-state index contributed by atoms with van der Waals surface area (Å²) in [6, 6.07) is 0. The predicted molar refractivity (Wildman–Crippen MR) is 112 cm³/mol. The molecule has 0 N–H and O–H groups in total. The topological polar surface area (TPSA) is 78.9 Å². The summed E-state index contributed by atoms with van der Waals surface area (Å²) in [5.74, 6) is -0.0158. The number of ketones is 1. The lowest BCUT2D eigenvalue weighted by Gasteiger charge is -2.50. The minimum absolute atomic E-state index is 0.0218. The highest BCUT2D eigenvalue weighted by Crippen LogP contribution is 2.58. The number of esters is 2. The molecule has 0 radical (unpaired) electrons. The number of rotatable bonds is 3. The van der Waals surface area contributed by atoms with Crippen LogP contribution in [0.5, 0.6) is 0 Å². The van der Waals surface area contributed by atoms with Gasteiger partial charge in [-0.15, -0.1) is 0 Å². The molecule has 30 heavy (non-hydrogen) atoms. The molecule has 0 amide bonds. The smallest absolute Gasteiger partial charge is 0.303 e. The van der Waals surface area contributed by atoms with Crippen molar-refractivity contribution in [1.82, 2.24) is 0 Å². The van der Waals surface area contributed by atoms with Crippen molar-refractivity contribution in [3.05, 3.63) is 12.2 Å². The Morgan fingerprint density at radius 3 is 2.27 bits per heavy atom. The molecule has 1 saturated carbocycles. The van der Waals surface area contributed by atoms with E-state index >= 15 is 0 Å². The molecule has 1 aliphatic carbocycles. The Bertz CT molecular complexity index is 742. The summed E-state index contributed by atoms with van der Waals surface area (Å²) in [5, 5.41) is 0. The van der Waals surface area contributed by atoms with Crippen LogP contribution in [0.4, 0.5) is 0 Å². The van der Waals surface area contributed by atoms with Crippen LogP contribution < -0.4 is 0 Å². The summed E-state index contributed by atoms with van der Waals surface area (Å²) in [5.41, 5.74) is -1.09. The van der Waals surface area contributed by atoms with Crippen LogP contribution in [0.3, 0.4) is 0 Å². The van der Waals surface area contributed by atoms with E-state index in [0.717, 1.165) is 12.8 Å². The van der Waals surface area contributed by atoms with Crippen LogP contribution in [0.25, 0.3) is 0 Å². The van der Waals surface area contributed by atoms with Crippen LogP contribution >= 0.6 is 0 Å². The number of hydrogen-bond acceptors (Lipinski definition) is 6. The fourth-order valence-corrected chi connectivity index (χ4v) is 6.33. The summed E-state index contributed by atoms with van der Waals surface area (Å²) in [6.45, 7) is 15.1. The zero-order valence-electron chi connectivity index (χ0n) is 19.2. The fourth-order valence-electron chi connectivity index (χ4n) is 6.33. The number of fused-ring (bicyclic) bond motifs is 5. The Hall–Kier alpha value is -1.69. The van der Waals surface area contributed by atoms with Crippen LogP contribution in [0.2, 0.25) is 0 Å². The Balaban J connectivity index is 2.13. The second-order valence-electron chi connectivity index (χ2n) is 10.2. The largest absolute Gasteiger partial charge is 0.459 e. The van der Waals surface area contributed by atoms with Crippen LogP contribution in [-0.4, -0.2) is 41.1 Å². The highest BCUT2D eigenvalue weighted by atomic mass is 16.6. The molecule has 7 atom stereocenters. The van der Waals surface area contributed by atoms with Gasteiger partial charge < -0.3 is 14.2 Å². The quantitative estimate of drug-likeness (QED) is 0.507. The first kappa shape index (κ1) is 23.0. The SMILES string of the molecule is C=C1C[C@H]2O[C@H]([C@H]3[C@@H]2C(C)(OC(C)=O)CC[C@@H]3C(C)C)C(C)(OC(C)=O)CCC1=O. The monoisotopic (exact) mass is 420 g/mol. The molecular formula is C24H36O6. The predicted octanol–water partition coefficient (Wildman–Crippen LogP) is 4.01. The fraction of sp³-hybridized carbons (Fsp3) is 0.792. The van der Waals surface area contributed by atoms with Gasteiger partial charge in [-0.3, -0.25) is 14.4 Å². The standard InChI is InChI=1S/C24H36O6/c1-13(2)17-8-10-23(6,29-15(4)25)21-19-12-14(3)18(27)9-11-24(7,30-16(5)26)22(28-19)20(17)21/h13,17,19-22H,3,8-12H2,1-2,4-7H3/t17-,19-,20-,21-,22-,23?,24?/m1/s1. The lowest BCUT2D eigenvalue weighted by Crippen LogP contribution is -2.56. The molecule has 2 aliphatic heterocycles. The van der Waals surface area contributed by atoms with Gasteiger partial charge in [-0.1, -0.05) is 20.4 Å². The third-order valence-electron chi connectivity index (χ3n) is 7.56. The van der Waals surface area contributed by atoms with Crippen molar-refractivity contribution in [3.8, 4) is 0 Å². The molecular weight excluding hydrogens is 384 g/mol. The minimum Gasteiger partial charge on any atom is -0.459 e. The van der Waals surface area contributed by atoms with Crippen molar-refractivity contribution in [3.63, 3.8) is 0 Å². The van der Waals surface area contributed by atoms with Crippen LogP contribution in [0.1, 0.15) is 73.6 Å². The van der Waals surface area contributed by atoms with E-state index in [4.69, 9.17) is 14.2 Å². The number of hydrogen-bond donors (Lipinski definition) is 0. The molecule has 0 aromatic rings. The van der Waals surface area contributed by atoms with E-state index in [1.54, 1.807) is 0 Å². The van der Waals surface area contributed by atoms with Crippen molar-refractivity contribution in [2.24, 2.45) is 23.7 Å². The number of ether oxygens (including phenoxy) is 3. The van der Waals surface area contributed by atoms with E-state index < -0.39 is 11.2 Å². The maximum atomic E-state index is 12.7. The Labute approximate surface area is 179 Å². The molecule has 2 unspecified atom stereocenters. The second-order valence-corrected chi connectivity index (χ2v) is 10.2. The molecule has 3 fully saturated rings. The molecule has 6 nitrogen and oxygen atoms in total. The van der Waals surface area contributed by atoms with Crippen LogP contribution in [0.15, 0.2) is 12.2 Å². The van der Waals surface area contributed by atoms with Gasteiger partial charge in [0, 0.05) is 38.5 Å².